The minimum absolute atomic E-state index is 0.0246. The van der Waals surface area contributed by atoms with Crippen LogP contribution in [0.5, 0.6) is 0 Å². The second kappa shape index (κ2) is 4.18. The lowest BCUT2D eigenvalue weighted by molar-refractivity contribution is -0.141. The van der Waals surface area contributed by atoms with Crippen molar-refractivity contribution in [2.75, 3.05) is 13.7 Å². The van der Waals surface area contributed by atoms with Gasteiger partial charge < -0.3 is 15.4 Å². The molecular formula is C10H16N2O3. The minimum atomic E-state index is -0.403. The Kier molecular flexibility index (Phi) is 2.90. The van der Waals surface area contributed by atoms with Crippen molar-refractivity contribution in [3.63, 3.8) is 0 Å². The fraction of sp³-hybridized carbons (Fsp3) is 0.800. The summed E-state index contributed by atoms with van der Waals surface area (Å²) < 4.78 is 4.46. The molecule has 0 aromatic carbocycles. The maximum atomic E-state index is 11.7. The van der Waals surface area contributed by atoms with Crippen LogP contribution in [-0.2, 0) is 14.3 Å². The quantitative estimate of drug-likeness (QED) is 0.614. The Labute approximate surface area is 88.5 Å². The highest BCUT2D eigenvalue weighted by Gasteiger charge is 2.42. The van der Waals surface area contributed by atoms with Crippen LogP contribution in [0, 0.1) is 5.92 Å². The van der Waals surface area contributed by atoms with Crippen molar-refractivity contribution in [1.29, 1.82) is 0 Å². The Balaban J connectivity index is 1.79. The molecular weight excluding hydrogens is 196 g/mol. The molecule has 0 aliphatic carbocycles. The lowest BCUT2D eigenvalue weighted by Crippen LogP contribution is -2.39. The molecule has 0 aromatic rings. The van der Waals surface area contributed by atoms with Crippen LogP contribution in [0.3, 0.4) is 0 Å². The molecule has 2 bridgehead atoms. The van der Waals surface area contributed by atoms with Crippen molar-refractivity contribution >= 4 is 11.9 Å². The summed E-state index contributed by atoms with van der Waals surface area (Å²) in [7, 11) is 1.31. The van der Waals surface area contributed by atoms with Gasteiger partial charge >= 0.3 is 5.97 Å². The van der Waals surface area contributed by atoms with E-state index in [4.69, 9.17) is 0 Å². The van der Waals surface area contributed by atoms with Crippen LogP contribution in [0.2, 0.25) is 0 Å². The molecule has 5 heteroatoms. The molecule has 2 N–H and O–H groups in total. The molecule has 5 nitrogen and oxygen atoms in total. The van der Waals surface area contributed by atoms with Gasteiger partial charge in [0, 0.05) is 12.1 Å². The second-order valence-corrected chi connectivity index (χ2v) is 4.18. The van der Waals surface area contributed by atoms with Crippen LogP contribution in [0.15, 0.2) is 0 Å². The third-order valence-electron chi connectivity index (χ3n) is 3.27. The average Bonchev–Trinajstić information content (AvgIpc) is 2.86. The predicted molar refractivity (Wildman–Crippen MR) is 53.1 cm³/mol. The first-order valence-electron chi connectivity index (χ1n) is 5.31. The summed E-state index contributed by atoms with van der Waals surface area (Å²) >= 11 is 0. The Bertz CT molecular complexity index is 280. The highest BCUT2D eigenvalue weighted by Crippen LogP contribution is 2.33. The summed E-state index contributed by atoms with van der Waals surface area (Å²) in [5, 5.41) is 5.99. The highest BCUT2D eigenvalue weighted by molar-refractivity contribution is 5.84. The molecule has 2 aliphatic rings. The molecule has 2 heterocycles. The number of hydrogen-bond donors (Lipinski definition) is 2. The van der Waals surface area contributed by atoms with Crippen molar-refractivity contribution in [3.05, 3.63) is 0 Å². The maximum absolute atomic E-state index is 11.7. The van der Waals surface area contributed by atoms with E-state index in [9.17, 15) is 9.59 Å². The van der Waals surface area contributed by atoms with E-state index in [0.717, 1.165) is 12.8 Å². The van der Waals surface area contributed by atoms with E-state index in [-0.39, 0.29) is 18.4 Å². The number of esters is 1. The zero-order valence-corrected chi connectivity index (χ0v) is 8.79. The standard InChI is InChI=1S/C10H16N2O3/c1-15-9(13)5-11-10(14)7-4-6-2-3-8(7)12-6/h6-8,12H,2-5H2,1H3,(H,11,14). The first kappa shape index (κ1) is 10.4. The Morgan fingerprint density at radius 3 is 2.80 bits per heavy atom. The second-order valence-electron chi connectivity index (χ2n) is 4.18. The van der Waals surface area contributed by atoms with E-state index in [0.29, 0.717) is 12.1 Å². The van der Waals surface area contributed by atoms with Gasteiger partial charge in [0.1, 0.15) is 6.54 Å². The first-order chi connectivity index (χ1) is 7.20. The van der Waals surface area contributed by atoms with Crippen LogP contribution in [0.25, 0.3) is 0 Å². The molecule has 3 unspecified atom stereocenters. The van der Waals surface area contributed by atoms with Gasteiger partial charge in [0.25, 0.3) is 0 Å². The molecule has 0 aromatic heterocycles. The molecule has 1 amide bonds. The number of amides is 1. The van der Waals surface area contributed by atoms with Gasteiger partial charge in [-0.15, -0.1) is 0 Å². The lowest BCUT2D eigenvalue weighted by Gasteiger charge is -2.18. The van der Waals surface area contributed by atoms with E-state index in [1.54, 1.807) is 0 Å². The molecule has 15 heavy (non-hydrogen) atoms. The van der Waals surface area contributed by atoms with Gasteiger partial charge in [-0.05, 0) is 19.3 Å². The van der Waals surface area contributed by atoms with Crippen molar-refractivity contribution in [1.82, 2.24) is 10.6 Å². The Hall–Kier alpha value is -1.10. The van der Waals surface area contributed by atoms with Gasteiger partial charge in [0.2, 0.25) is 5.91 Å². The van der Waals surface area contributed by atoms with Gasteiger partial charge in [-0.25, -0.2) is 0 Å². The van der Waals surface area contributed by atoms with E-state index < -0.39 is 5.97 Å². The largest absolute Gasteiger partial charge is 0.468 e. The Morgan fingerprint density at radius 2 is 2.27 bits per heavy atom. The van der Waals surface area contributed by atoms with Crippen LogP contribution in [0.1, 0.15) is 19.3 Å². The van der Waals surface area contributed by atoms with E-state index in [2.05, 4.69) is 15.4 Å². The fourth-order valence-electron chi connectivity index (χ4n) is 2.48. The molecule has 2 saturated heterocycles. The van der Waals surface area contributed by atoms with Gasteiger partial charge in [0.05, 0.1) is 13.0 Å². The van der Waals surface area contributed by atoms with E-state index in [1.165, 1.54) is 13.5 Å². The predicted octanol–water partition coefficient (Wildman–Crippen LogP) is -0.584. The first-order valence-corrected chi connectivity index (χ1v) is 5.31. The van der Waals surface area contributed by atoms with Crippen LogP contribution in [-0.4, -0.2) is 37.6 Å². The van der Waals surface area contributed by atoms with Crippen molar-refractivity contribution in [3.8, 4) is 0 Å². The lowest BCUT2D eigenvalue weighted by atomic mass is 9.88. The zero-order chi connectivity index (χ0) is 10.8. The van der Waals surface area contributed by atoms with Gasteiger partial charge in [0.15, 0.2) is 0 Å². The number of rotatable bonds is 3. The van der Waals surface area contributed by atoms with Crippen molar-refractivity contribution < 1.29 is 14.3 Å². The van der Waals surface area contributed by atoms with E-state index >= 15 is 0 Å². The number of carbonyl (C=O) groups excluding carboxylic acids is 2. The van der Waals surface area contributed by atoms with Crippen molar-refractivity contribution in [2.45, 2.75) is 31.3 Å². The smallest absolute Gasteiger partial charge is 0.325 e. The third kappa shape index (κ3) is 2.12. The topological polar surface area (TPSA) is 67.4 Å². The molecule has 3 atom stereocenters. The molecule has 2 rings (SSSR count). The van der Waals surface area contributed by atoms with Crippen molar-refractivity contribution in [2.24, 2.45) is 5.92 Å². The zero-order valence-electron chi connectivity index (χ0n) is 8.79. The van der Waals surface area contributed by atoms with Gasteiger partial charge in [-0.3, -0.25) is 9.59 Å². The Morgan fingerprint density at radius 1 is 1.47 bits per heavy atom. The molecule has 0 saturated carbocycles. The summed E-state index contributed by atoms with van der Waals surface area (Å²) in [6, 6.07) is 0.816. The maximum Gasteiger partial charge on any atom is 0.325 e. The number of carbonyl (C=O) groups is 2. The number of nitrogens with one attached hydrogen (secondary N) is 2. The molecule has 0 radical (unpaired) electrons. The monoisotopic (exact) mass is 212 g/mol. The average molecular weight is 212 g/mol. The van der Waals surface area contributed by atoms with E-state index in [1.807, 2.05) is 0 Å². The normalized spacial score (nSPS) is 32.7. The fourth-order valence-corrected chi connectivity index (χ4v) is 2.48. The van der Waals surface area contributed by atoms with Gasteiger partial charge in [-0.2, -0.15) is 0 Å². The number of ether oxygens (including phenoxy) is 1. The molecule has 2 aliphatic heterocycles. The summed E-state index contributed by atoms with van der Waals surface area (Å²) in [6.07, 6.45) is 3.14. The molecule has 84 valence electrons. The number of fused-ring (bicyclic) bond motifs is 2. The number of hydrogen-bond acceptors (Lipinski definition) is 4. The summed E-state index contributed by atoms with van der Waals surface area (Å²) in [4.78, 5) is 22.5. The van der Waals surface area contributed by atoms with Crippen LogP contribution < -0.4 is 10.6 Å². The van der Waals surface area contributed by atoms with Gasteiger partial charge in [-0.1, -0.05) is 0 Å². The summed E-state index contributed by atoms with van der Waals surface area (Å²) in [5.74, 6) is -0.395. The number of methoxy groups -OCH3 is 1. The van der Waals surface area contributed by atoms with Crippen LogP contribution in [0.4, 0.5) is 0 Å². The third-order valence-corrected chi connectivity index (χ3v) is 3.27. The van der Waals surface area contributed by atoms with Crippen LogP contribution >= 0.6 is 0 Å². The summed E-state index contributed by atoms with van der Waals surface area (Å²) in [5.41, 5.74) is 0. The SMILES string of the molecule is COC(=O)CNC(=O)C1CC2CCC1N2. The molecule has 0 spiro atoms. The molecule has 2 fully saturated rings. The highest BCUT2D eigenvalue weighted by atomic mass is 16.5. The summed E-state index contributed by atoms with van der Waals surface area (Å²) in [6.45, 7) is -0.0246. The minimum Gasteiger partial charge on any atom is -0.468 e.